The quantitative estimate of drug-likeness (QED) is 0.380. The Morgan fingerprint density at radius 2 is 1.56 bits per heavy atom. The fraction of sp³-hybridized carbons (Fsp3) is 0.0435. The molecule has 1 saturated heterocycles. The molecule has 6 nitrogen and oxygen atoms in total. The normalized spacial score (nSPS) is 15.4. The van der Waals surface area contributed by atoms with E-state index in [1.165, 1.54) is 48.5 Å². The maximum atomic E-state index is 13.1. The van der Waals surface area contributed by atoms with Crippen LogP contribution in [-0.4, -0.2) is 24.5 Å². The van der Waals surface area contributed by atoms with Gasteiger partial charge in [-0.15, -0.1) is 0 Å². The minimum atomic E-state index is -4.08. The number of nitrogens with zero attached hydrogens (tertiary/aromatic N) is 1. The summed E-state index contributed by atoms with van der Waals surface area (Å²) in [7, 11) is -4.08. The van der Waals surface area contributed by atoms with Gasteiger partial charge >= 0.3 is 10.1 Å². The number of thioether (sulfide) groups is 1. The standard InChI is InChI=1S/C23H16FNO5S2/c24-18-12-10-16(11-13-18)15-25-22(26)21(31-23(25)27)14-17-6-4-5-9-20(17)30-32(28,29)19-7-2-1-3-8-19/h1-14H,15H2/b21-14-. The van der Waals surface area contributed by atoms with E-state index in [4.69, 9.17) is 4.18 Å². The number of imide groups is 1. The number of carbonyl (C=O) groups is 2. The van der Waals surface area contributed by atoms with Gasteiger partial charge < -0.3 is 4.18 Å². The van der Waals surface area contributed by atoms with E-state index in [2.05, 4.69) is 0 Å². The number of benzene rings is 3. The highest BCUT2D eigenvalue weighted by Gasteiger charge is 2.35. The number of carbonyl (C=O) groups excluding carboxylic acids is 2. The summed E-state index contributed by atoms with van der Waals surface area (Å²) in [4.78, 5) is 26.3. The van der Waals surface area contributed by atoms with E-state index in [9.17, 15) is 22.4 Å². The first-order chi connectivity index (χ1) is 15.3. The van der Waals surface area contributed by atoms with E-state index >= 15 is 0 Å². The van der Waals surface area contributed by atoms with E-state index in [1.807, 2.05) is 0 Å². The van der Waals surface area contributed by atoms with Gasteiger partial charge in [-0.1, -0.05) is 48.5 Å². The molecule has 2 amide bonds. The molecular formula is C23H16FNO5S2. The molecule has 4 rings (SSSR count). The molecule has 9 heteroatoms. The van der Waals surface area contributed by atoms with Crippen LogP contribution in [0.4, 0.5) is 9.18 Å². The fourth-order valence-electron chi connectivity index (χ4n) is 2.98. The van der Waals surface area contributed by atoms with E-state index in [-0.39, 0.29) is 22.1 Å². The molecule has 0 N–H and O–H groups in total. The third kappa shape index (κ3) is 4.74. The van der Waals surface area contributed by atoms with Crippen LogP contribution in [0.25, 0.3) is 6.08 Å². The molecule has 0 spiro atoms. The predicted octanol–water partition coefficient (Wildman–Crippen LogP) is 4.83. The smallest absolute Gasteiger partial charge is 0.339 e. The molecule has 1 aliphatic rings. The molecule has 0 saturated carbocycles. The summed E-state index contributed by atoms with van der Waals surface area (Å²) in [6.45, 7) is 0.00280. The van der Waals surface area contributed by atoms with Crippen molar-refractivity contribution < 1.29 is 26.6 Å². The molecule has 0 aromatic heterocycles. The number of para-hydroxylation sites is 1. The van der Waals surface area contributed by atoms with Gasteiger partial charge in [0, 0.05) is 5.56 Å². The zero-order chi connectivity index (χ0) is 22.7. The van der Waals surface area contributed by atoms with Gasteiger partial charge in [-0.25, -0.2) is 4.39 Å². The van der Waals surface area contributed by atoms with Crippen molar-refractivity contribution in [2.75, 3.05) is 0 Å². The summed E-state index contributed by atoms with van der Waals surface area (Å²) in [6, 6.07) is 19.5. The third-order valence-corrected chi connectivity index (χ3v) is 6.72. The Labute approximate surface area is 188 Å². The largest absolute Gasteiger partial charge is 0.378 e. The Kier molecular flexibility index (Phi) is 6.11. The van der Waals surface area contributed by atoms with Gasteiger partial charge in [0.25, 0.3) is 11.1 Å². The molecule has 0 aliphatic carbocycles. The summed E-state index contributed by atoms with van der Waals surface area (Å²) in [5.74, 6) is -0.906. The molecule has 162 valence electrons. The second-order valence-corrected chi connectivity index (χ2v) is 9.32. The van der Waals surface area contributed by atoms with Crippen LogP contribution in [0.15, 0.2) is 88.7 Å². The number of rotatable bonds is 6. The van der Waals surface area contributed by atoms with Gasteiger partial charge in [-0.2, -0.15) is 8.42 Å². The van der Waals surface area contributed by atoms with E-state index < -0.39 is 27.1 Å². The summed E-state index contributed by atoms with van der Waals surface area (Å²) >= 11 is 0.742. The van der Waals surface area contributed by atoms with Crippen molar-refractivity contribution in [3.8, 4) is 5.75 Å². The van der Waals surface area contributed by atoms with Crippen molar-refractivity contribution in [1.82, 2.24) is 4.90 Å². The SMILES string of the molecule is O=C1S/C(=C\c2ccccc2OS(=O)(=O)c2ccccc2)C(=O)N1Cc1ccc(F)cc1. The molecule has 1 aliphatic heterocycles. The Balaban J connectivity index is 1.59. The molecule has 1 fully saturated rings. The highest BCUT2D eigenvalue weighted by atomic mass is 32.2. The van der Waals surface area contributed by atoms with Gasteiger partial charge in [-0.05, 0) is 53.7 Å². The minimum absolute atomic E-state index is 0.00280. The molecule has 0 unspecified atom stereocenters. The van der Waals surface area contributed by atoms with Crippen LogP contribution in [-0.2, 0) is 21.5 Å². The Hall–Kier alpha value is -3.43. The first-order valence-corrected chi connectivity index (χ1v) is 11.6. The van der Waals surface area contributed by atoms with Crippen molar-refractivity contribution in [2.24, 2.45) is 0 Å². The van der Waals surface area contributed by atoms with Crippen LogP contribution < -0.4 is 4.18 Å². The van der Waals surface area contributed by atoms with Crippen LogP contribution in [0.2, 0.25) is 0 Å². The van der Waals surface area contributed by atoms with Crippen molar-refractivity contribution in [3.63, 3.8) is 0 Å². The molecule has 3 aromatic carbocycles. The first kappa shape index (κ1) is 21.8. The van der Waals surface area contributed by atoms with Crippen molar-refractivity contribution >= 4 is 39.1 Å². The van der Waals surface area contributed by atoms with Crippen LogP contribution in [0.3, 0.4) is 0 Å². The average molecular weight is 470 g/mol. The van der Waals surface area contributed by atoms with Crippen molar-refractivity contribution in [3.05, 3.63) is 101 Å². The third-order valence-electron chi connectivity index (χ3n) is 4.56. The van der Waals surface area contributed by atoms with E-state index in [0.29, 0.717) is 11.1 Å². The lowest BCUT2D eigenvalue weighted by molar-refractivity contribution is -0.123. The average Bonchev–Trinajstić information content (AvgIpc) is 3.04. The number of hydrogen-bond donors (Lipinski definition) is 0. The van der Waals surface area contributed by atoms with Crippen LogP contribution in [0.5, 0.6) is 5.75 Å². The zero-order valence-electron chi connectivity index (χ0n) is 16.5. The summed E-state index contributed by atoms with van der Waals surface area (Å²) < 4.78 is 43.6. The molecule has 0 radical (unpaired) electrons. The molecule has 32 heavy (non-hydrogen) atoms. The van der Waals surface area contributed by atoms with Crippen LogP contribution in [0, 0.1) is 5.82 Å². The predicted molar refractivity (Wildman–Crippen MR) is 119 cm³/mol. The van der Waals surface area contributed by atoms with E-state index in [1.54, 1.807) is 36.4 Å². The second kappa shape index (κ2) is 8.97. The Morgan fingerprint density at radius 3 is 2.28 bits per heavy atom. The highest BCUT2D eigenvalue weighted by Crippen LogP contribution is 2.35. The maximum absolute atomic E-state index is 13.1. The van der Waals surface area contributed by atoms with Gasteiger partial charge in [-0.3, -0.25) is 14.5 Å². The fourth-order valence-corrected chi connectivity index (χ4v) is 4.78. The lowest BCUT2D eigenvalue weighted by Gasteiger charge is -2.12. The maximum Gasteiger partial charge on any atom is 0.339 e. The second-order valence-electron chi connectivity index (χ2n) is 6.78. The zero-order valence-corrected chi connectivity index (χ0v) is 18.1. The molecule has 1 heterocycles. The monoisotopic (exact) mass is 469 g/mol. The van der Waals surface area contributed by atoms with Crippen LogP contribution in [0.1, 0.15) is 11.1 Å². The Bertz CT molecular complexity index is 1310. The molecular weight excluding hydrogens is 453 g/mol. The first-order valence-electron chi connectivity index (χ1n) is 9.42. The van der Waals surface area contributed by atoms with Gasteiger partial charge in [0.15, 0.2) is 0 Å². The van der Waals surface area contributed by atoms with Gasteiger partial charge in [0.1, 0.15) is 16.5 Å². The van der Waals surface area contributed by atoms with E-state index in [0.717, 1.165) is 16.7 Å². The topological polar surface area (TPSA) is 80.8 Å². The number of amides is 2. The number of halogens is 1. The molecule has 0 atom stereocenters. The highest BCUT2D eigenvalue weighted by molar-refractivity contribution is 8.18. The number of hydrogen-bond acceptors (Lipinski definition) is 6. The summed E-state index contributed by atoms with van der Waals surface area (Å²) in [5.41, 5.74) is 0.937. The summed E-state index contributed by atoms with van der Waals surface area (Å²) in [5, 5.41) is -0.471. The lowest BCUT2D eigenvalue weighted by Crippen LogP contribution is -2.27. The Morgan fingerprint density at radius 1 is 0.906 bits per heavy atom. The molecule has 0 bridgehead atoms. The van der Waals surface area contributed by atoms with Crippen LogP contribution >= 0.6 is 11.8 Å². The molecule has 3 aromatic rings. The van der Waals surface area contributed by atoms with Gasteiger partial charge in [0.05, 0.1) is 11.4 Å². The van der Waals surface area contributed by atoms with Crippen molar-refractivity contribution in [2.45, 2.75) is 11.4 Å². The lowest BCUT2D eigenvalue weighted by atomic mass is 10.2. The minimum Gasteiger partial charge on any atom is -0.378 e. The van der Waals surface area contributed by atoms with Gasteiger partial charge in [0.2, 0.25) is 0 Å². The van der Waals surface area contributed by atoms with Crippen molar-refractivity contribution in [1.29, 1.82) is 0 Å². The summed E-state index contributed by atoms with van der Waals surface area (Å²) in [6.07, 6.45) is 1.42.